The Morgan fingerprint density at radius 3 is 1.80 bits per heavy atom. The lowest BCUT2D eigenvalue weighted by molar-refractivity contribution is -0.956. The van der Waals surface area contributed by atoms with Crippen LogP contribution < -0.4 is 12.4 Å². The molecule has 0 saturated carbocycles. The summed E-state index contributed by atoms with van der Waals surface area (Å²) in [6.45, 7) is 2.60. The van der Waals surface area contributed by atoms with Crippen LogP contribution in [0.4, 0.5) is 0 Å². The van der Waals surface area contributed by atoms with Crippen LogP contribution in [0.15, 0.2) is 60.7 Å². The molecule has 0 radical (unpaired) electrons. The Bertz CT molecular complexity index is 811. The van der Waals surface area contributed by atoms with Gasteiger partial charge in [-0.25, -0.2) is 4.79 Å². The Labute approximate surface area is 184 Å². The summed E-state index contributed by atoms with van der Waals surface area (Å²) in [4.78, 5) is 13.4. The molecule has 3 saturated heterocycles. The summed E-state index contributed by atoms with van der Waals surface area (Å²) in [6, 6.07) is 19.6. The highest BCUT2D eigenvalue weighted by Gasteiger charge is 2.56. The van der Waals surface area contributed by atoms with E-state index in [0.717, 1.165) is 12.8 Å². The zero-order chi connectivity index (χ0) is 19.9. The molecule has 0 aromatic heterocycles. The van der Waals surface area contributed by atoms with Crippen molar-refractivity contribution < 1.29 is 31.5 Å². The topological polar surface area (TPSA) is 46.5 Å². The number of benzene rings is 2. The summed E-state index contributed by atoms with van der Waals surface area (Å²) < 4.78 is 7.32. The van der Waals surface area contributed by atoms with Gasteiger partial charge in [-0.3, -0.25) is 0 Å². The quantitative estimate of drug-likeness (QED) is 0.579. The van der Waals surface area contributed by atoms with E-state index in [1.54, 1.807) is 24.3 Å². The SMILES string of the molecule is O=C(O[C@@H]1C[C@H]2CC[C@@H](C1)[N+]21CCCC1)C(O)(c1ccccc1)c1ccccc1.[Cl-]. The molecule has 2 bridgehead atoms. The average Bonchev–Trinajstić information content (AvgIpc) is 3.31. The highest BCUT2D eigenvalue weighted by molar-refractivity contribution is 5.85. The maximum absolute atomic E-state index is 13.4. The van der Waals surface area contributed by atoms with Crippen LogP contribution in [-0.2, 0) is 15.1 Å². The van der Waals surface area contributed by atoms with E-state index in [2.05, 4.69) is 0 Å². The number of rotatable bonds is 4. The lowest BCUT2D eigenvalue weighted by Crippen LogP contribution is -3.00. The third kappa shape index (κ3) is 3.35. The van der Waals surface area contributed by atoms with Crippen molar-refractivity contribution in [3.05, 3.63) is 71.8 Å². The number of nitrogens with zero attached hydrogens (tertiary/aromatic N) is 1. The van der Waals surface area contributed by atoms with Gasteiger partial charge in [-0.2, -0.15) is 0 Å². The van der Waals surface area contributed by atoms with E-state index < -0.39 is 11.6 Å². The van der Waals surface area contributed by atoms with E-state index in [0.29, 0.717) is 23.2 Å². The van der Waals surface area contributed by atoms with Crippen molar-refractivity contribution in [3.8, 4) is 0 Å². The summed E-state index contributed by atoms with van der Waals surface area (Å²) in [5.74, 6) is -0.547. The van der Waals surface area contributed by atoms with Gasteiger partial charge in [-0.1, -0.05) is 60.7 Å². The van der Waals surface area contributed by atoms with E-state index >= 15 is 0 Å². The molecule has 3 aliphatic heterocycles. The van der Waals surface area contributed by atoms with Crippen molar-refractivity contribution in [1.82, 2.24) is 0 Å². The molecule has 0 aliphatic carbocycles. The van der Waals surface area contributed by atoms with Gasteiger partial charge in [-0.15, -0.1) is 0 Å². The van der Waals surface area contributed by atoms with Crippen LogP contribution >= 0.6 is 0 Å². The molecule has 4 nitrogen and oxygen atoms in total. The van der Waals surface area contributed by atoms with Crippen LogP contribution in [0.5, 0.6) is 0 Å². The molecule has 3 atom stereocenters. The summed E-state index contributed by atoms with van der Waals surface area (Å²) in [5, 5.41) is 11.6. The minimum Gasteiger partial charge on any atom is -1.00 e. The summed E-state index contributed by atoms with van der Waals surface area (Å²) in [5.41, 5.74) is -0.671. The highest BCUT2D eigenvalue weighted by atomic mass is 35.5. The third-order valence-electron chi connectivity index (χ3n) is 7.71. The minimum atomic E-state index is -1.78. The predicted molar refractivity (Wildman–Crippen MR) is 111 cm³/mol. The fourth-order valence-corrected chi connectivity index (χ4v) is 6.30. The van der Waals surface area contributed by atoms with Crippen LogP contribution in [0.1, 0.15) is 49.7 Å². The molecule has 3 fully saturated rings. The second-order valence-corrected chi connectivity index (χ2v) is 9.08. The molecular weight excluding hydrogens is 398 g/mol. The minimum absolute atomic E-state index is 0. The standard InChI is InChI=1S/C25H30NO3.ClH/c27-24(25(28,19-9-3-1-4-10-19)20-11-5-2-6-12-20)29-23-17-21-13-14-22(18-23)26(21)15-7-8-16-26;/h1-6,9-12,21-23,28H,7-8,13-18H2;1H/q+1;/p-1/t21-,22+,23-;. The number of hydrogen-bond donors (Lipinski definition) is 1. The molecule has 2 aromatic carbocycles. The second-order valence-electron chi connectivity index (χ2n) is 9.08. The van der Waals surface area contributed by atoms with Gasteiger partial charge in [0.05, 0.1) is 25.2 Å². The largest absolute Gasteiger partial charge is 1.00 e. The maximum Gasteiger partial charge on any atom is 0.347 e. The van der Waals surface area contributed by atoms with Gasteiger partial charge in [0.25, 0.3) is 0 Å². The number of carbonyl (C=O) groups is 1. The lowest BCUT2D eigenvalue weighted by atomic mass is 9.86. The molecule has 0 unspecified atom stereocenters. The van der Waals surface area contributed by atoms with Crippen molar-refractivity contribution in [2.45, 2.75) is 62.3 Å². The van der Waals surface area contributed by atoms with E-state index in [1.807, 2.05) is 36.4 Å². The molecular formula is C25H30ClNO3. The first-order chi connectivity index (χ1) is 14.1. The third-order valence-corrected chi connectivity index (χ3v) is 7.71. The molecule has 3 aliphatic rings. The Hall–Kier alpha value is -1.88. The first-order valence-corrected chi connectivity index (χ1v) is 11.0. The van der Waals surface area contributed by atoms with Crippen LogP contribution in [0, 0.1) is 0 Å². The van der Waals surface area contributed by atoms with Gasteiger partial charge >= 0.3 is 5.97 Å². The summed E-state index contributed by atoms with van der Waals surface area (Å²) in [6.07, 6.45) is 6.94. The van der Waals surface area contributed by atoms with Crippen LogP contribution in [0.25, 0.3) is 0 Å². The Kier molecular flexibility index (Phi) is 5.93. The number of aliphatic hydroxyl groups is 1. The monoisotopic (exact) mass is 427 g/mol. The van der Waals surface area contributed by atoms with Crippen LogP contribution in [0.3, 0.4) is 0 Å². The summed E-state index contributed by atoms with van der Waals surface area (Å²) in [7, 11) is 0. The molecule has 5 heteroatoms. The molecule has 160 valence electrons. The van der Waals surface area contributed by atoms with Crippen molar-refractivity contribution in [1.29, 1.82) is 0 Å². The van der Waals surface area contributed by atoms with Gasteiger partial charge in [0.2, 0.25) is 5.60 Å². The maximum atomic E-state index is 13.4. The highest BCUT2D eigenvalue weighted by Crippen LogP contribution is 2.46. The van der Waals surface area contributed by atoms with Crippen LogP contribution in [-0.4, -0.2) is 46.8 Å². The first kappa shape index (κ1) is 21.4. The molecule has 30 heavy (non-hydrogen) atoms. The fourth-order valence-electron chi connectivity index (χ4n) is 6.30. The molecule has 5 rings (SSSR count). The predicted octanol–water partition coefficient (Wildman–Crippen LogP) is 0.774. The molecule has 1 spiro atoms. The van der Waals surface area contributed by atoms with Gasteiger partial charge in [0.15, 0.2) is 0 Å². The Balaban J connectivity index is 0.00000218. The van der Waals surface area contributed by atoms with Crippen molar-refractivity contribution in [3.63, 3.8) is 0 Å². The molecule has 2 aromatic rings. The van der Waals surface area contributed by atoms with Gasteiger partial charge in [0.1, 0.15) is 6.10 Å². The van der Waals surface area contributed by atoms with Gasteiger partial charge in [0, 0.05) is 38.5 Å². The smallest absolute Gasteiger partial charge is 0.347 e. The van der Waals surface area contributed by atoms with Crippen molar-refractivity contribution in [2.75, 3.05) is 13.1 Å². The first-order valence-electron chi connectivity index (χ1n) is 11.0. The number of quaternary nitrogens is 1. The van der Waals surface area contributed by atoms with E-state index in [1.165, 1.54) is 43.3 Å². The van der Waals surface area contributed by atoms with Crippen molar-refractivity contribution >= 4 is 5.97 Å². The fraction of sp³-hybridized carbons (Fsp3) is 0.480. The number of hydrogen-bond acceptors (Lipinski definition) is 3. The number of piperidine rings is 1. The Morgan fingerprint density at radius 1 is 0.867 bits per heavy atom. The van der Waals surface area contributed by atoms with Crippen LogP contribution in [0.2, 0.25) is 0 Å². The average molecular weight is 428 g/mol. The number of ether oxygens (including phenoxy) is 1. The van der Waals surface area contributed by atoms with E-state index in [4.69, 9.17) is 4.74 Å². The van der Waals surface area contributed by atoms with E-state index in [-0.39, 0.29) is 18.5 Å². The Morgan fingerprint density at radius 2 is 1.33 bits per heavy atom. The van der Waals surface area contributed by atoms with E-state index in [9.17, 15) is 9.90 Å². The van der Waals surface area contributed by atoms with Gasteiger partial charge in [-0.05, 0) is 11.1 Å². The lowest BCUT2D eigenvalue weighted by Gasteiger charge is -2.47. The van der Waals surface area contributed by atoms with Gasteiger partial charge < -0.3 is 26.7 Å². The molecule has 3 heterocycles. The number of halogens is 1. The molecule has 1 N–H and O–H groups in total. The zero-order valence-corrected chi connectivity index (χ0v) is 18.0. The number of esters is 1. The molecule has 0 amide bonds. The summed E-state index contributed by atoms with van der Waals surface area (Å²) >= 11 is 0. The zero-order valence-electron chi connectivity index (χ0n) is 17.3. The van der Waals surface area contributed by atoms with Crippen molar-refractivity contribution in [2.24, 2.45) is 0 Å². The second kappa shape index (κ2) is 8.33. The normalized spacial score (nSPS) is 26.9. The number of carbonyl (C=O) groups excluding carboxylic acids is 1.